The number of alkyl halides is 3. The van der Waals surface area contributed by atoms with E-state index in [1.807, 2.05) is 0 Å². The Morgan fingerprint density at radius 2 is 2.12 bits per heavy atom. The summed E-state index contributed by atoms with van der Waals surface area (Å²) in [6.45, 7) is 1.54. The molecular formula is C10H10BrF3N2. The second kappa shape index (κ2) is 4.33. The largest absolute Gasteiger partial charge is 0.434 e. The Kier molecular flexibility index (Phi) is 3.21. The van der Waals surface area contributed by atoms with E-state index >= 15 is 0 Å². The minimum Gasteiger partial charge on any atom is -0.316 e. The van der Waals surface area contributed by atoms with Crippen molar-refractivity contribution in [3.05, 3.63) is 28.0 Å². The van der Waals surface area contributed by atoms with Crippen molar-refractivity contribution >= 4 is 15.9 Å². The molecule has 0 aliphatic carbocycles. The molecule has 1 aromatic rings. The van der Waals surface area contributed by atoms with Crippen molar-refractivity contribution in [2.75, 3.05) is 13.1 Å². The summed E-state index contributed by atoms with van der Waals surface area (Å²) in [6, 6.07) is 3.07. The standard InChI is InChI=1S/C10H10BrF3N2/c11-7-1-2-8(6-3-4-15-5-6)16-9(7)10(12,13)14/h1-2,6,15H,3-5H2. The first-order valence-corrected chi connectivity index (χ1v) is 5.72. The molecule has 1 aliphatic rings. The lowest BCUT2D eigenvalue weighted by Gasteiger charge is -2.13. The van der Waals surface area contributed by atoms with Gasteiger partial charge in [-0.25, -0.2) is 4.98 Å². The van der Waals surface area contributed by atoms with Crippen LogP contribution in [0.5, 0.6) is 0 Å². The van der Waals surface area contributed by atoms with Gasteiger partial charge in [-0.05, 0) is 41.0 Å². The van der Waals surface area contributed by atoms with Crippen molar-refractivity contribution in [2.45, 2.75) is 18.5 Å². The molecule has 6 heteroatoms. The maximum absolute atomic E-state index is 12.6. The molecular weight excluding hydrogens is 285 g/mol. The fourth-order valence-corrected chi connectivity index (χ4v) is 2.24. The zero-order valence-corrected chi connectivity index (χ0v) is 9.90. The van der Waals surface area contributed by atoms with Gasteiger partial charge in [-0.1, -0.05) is 0 Å². The molecule has 1 aliphatic heterocycles. The van der Waals surface area contributed by atoms with Crippen LogP contribution in [0.1, 0.15) is 23.7 Å². The molecule has 1 N–H and O–H groups in total. The number of pyridine rings is 1. The highest BCUT2D eigenvalue weighted by Crippen LogP contribution is 2.34. The second-order valence-electron chi connectivity index (χ2n) is 3.75. The van der Waals surface area contributed by atoms with Crippen molar-refractivity contribution in [3.8, 4) is 0 Å². The number of rotatable bonds is 1. The van der Waals surface area contributed by atoms with Gasteiger partial charge in [0, 0.05) is 22.6 Å². The number of aromatic nitrogens is 1. The monoisotopic (exact) mass is 294 g/mol. The van der Waals surface area contributed by atoms with Crippen molar-refractivity contribution in [3.63, 3.8) is 0 Å². The van der Waals surface area contributed by atoms with E-state index in [1.54, 1.807) is 6.07 Å². The van der Waals surface area contributed by atoms with Gasteiger partial charge >= 0.3 is 6.18 Å². The highest BCUT2D eigenvalue weighted by molar-refractivity contribution is 9.10. The molecule has 1 unspecified atom stereocenters. The number of halogens is 4. The van der Waals surface area contributed by atoms with E-state index in [1.165, 1.54) is 6.07 Å². The second-order valence-corrected chi connectivity index (χ2v) is 4.61. The number of nitrogens with zero attached hydrogens (tertiary/aromatic N) is 1. The third-order valence-electron chi connectivity index (χ3n) is 2.61. The van der Waals surface area contributed by atoms with E-state index < -0.39 is 11.9 Å². The Hall–Kier alpha value is -0.620. The van der Waals surface area contributed by atoms with Crippen molar-refractivity contribution in [1.82, 2.24) is 10.3 Å². The zero-order chi connectivity index (χ0) is 11.8. The van der Waals surface area contributed by atoms with Crippen LogP contribution in [0.4, 0.5) is 13.2 Å². The van der Waals surface area contributed by atoms with E-state index in [2.05, 4.69) is 26.2 Å². The normalized spacial score (nSPS) is 21.4. The quantitative estimate of drug-likeness (QED) is 0.861. The molecule has 0 amide bonds. The summed E-state index contributed by atoms with van der Waals surface area (Å²) in [5.74, 6) is 0.0919. The maximum Gasteiger partial charge on any atom is 0.434 e. The van der Waals surface area contributed by atoms with Gasteiger partial charge in [-0.3, -0.25) is 0 Å². The molecule has 88 valence electrons. The lowest BCUT2D eigenvalue weighted by molar-refractivity contribution is -0.141. The molecule has 0 spiro atoms. The van der Waals surface area contributed by atoms with Gasteiger partial charge in [0.25, 0.3) is 0 Å². The number of hydrogen-bond acceptors (Lipinski definition) is 2. The highest BCUT2D eigenvalue weighted by Gasteiger charge is 2.35. The van der Waals surface area contributed by atoms with E-state index in [0.717, 1.165) is 13.0 Å². The van der Waals surface area contributed by atoms with Crippen molar-refractivity contribution < 1.29 is 13.2 Å². The van der Waals surface area contributed by atoms with E-state index in [9.17, 15) is 13.2 Å². The molecule has 0 radical (unpaired) electrons. The first-order chi connectivity index (χ1) is 7.48. The fourth-order valence-electron chi connectivity index (χ4n) is 1.79. The van der Waals surface area contributed by atoms with E-state index in [4.69, 9.17) is 0 Å². The Bertz CT molecular complexity index is 386. The van der Waals surface area contributed by atoms with Gasteiger partial charge in [0.05, 0.1) is 0 Å². The minimum absolute atomic E-state index is 0.00490. The Morgan fingerprint density at radius 1 is 1.38 bits per heavy atom. The fraction of sp³-hybridized carbons (Fsp3) is 0.500. The van der Waals surface area contributed by atoms with Gasteiger partial charge < -0.3 is 5.32 Å². The average molecular weight is 295 g/mol. The molecule has 2 rings (SSSR count). The van der Waals surface area contributed by atoms with Gasteiger partial charge in [0.1, 0.15) is 0 Å². The molecule has 16 heavy (non-hydrogen) atoms. The summed E-state index contributed by atoms with van der Waals surface area (Å²) in [6.07, 6.45) is -3.56. The Balaban J connectivity index is 2.35. The SMILES string of the molecule is FC(F)(F)c1nc(C2CCNC2)ccc1Br. The summed E-state index contributed by atoms with van der Waals surface area (Å²) in [5.41, 5.74) is -0.322. The molecule has 1 aromatic heterocycles. The van der Waals surface area contributed by atoms with Crippen LogP contribution in [-0.2, 0) is 6.18 Å². The first-order valence-electron chi connectivity index (χ1n) is 4.93. The average Bonchev–Trinajstić information content (AvgIpc) is 2.69. The van der Waals surface area contributed by atoms with E-state index in [-0.39, 0.29) is 10.4 Å². The molecule has 1 atom stereocenters. The summed E-state index contributed by atoms with van der Waals surface area (Å²) in [7, 11) is 0. The minimum atomic E-state index is -4.40. The highest BCUT2D eigenvalue weighted by atomic mass is 79.9. The summed E-state index contributed by atoms with van der Waals surface area (Å²) in [5, 5.41) is 3.11. The molecule has 0 saturated carbocycles. The van der Waals surface area contributed by atoms with Crippen molar-refractivity contribution in [1.29, 1.82) is 0 Å². The third-order valence-corrected chi connectivity index (χ3v) is 3.25. The van der Waals surface area contributed by atoms with Gasteiger partial charge in [0.15, 0.2) is 5.69 Å². The van der Waals surface area contributed by atoms with Crippen LogP contribution in [0.15, 0.2) is 16.6 Å². The van der Waals surface area contributed by atoms with E-state index in [0.29, 0.717) is 12.2 Å². The van der Waals surface area contributed by atoms with Crippen LogP contribution >= 0.6 is 15.9 Å². The number of hydrogen-bond donors (Lipinski definition) is 1. The van der Waals surface area contributed by atoms with Gasteiger partial charge in [-0.2, -0.15) is 13.2 Å². The number of nitrogens with one attached hydrogen (secondary N) is 1. The Morgan fingerprint density at radius 3 is 2.69 bits per heavy atom. The Labute approximate surface area is 99.4 Å². The lowest BCUT2D eigenvalue weighted by atomic mass is 10.0. The topological polar surface area (TPSA) is 24.9 Å². The molecule has 1 fully saturated rings. The first kappa shape index (κ1) is 11.9. The van der Waals surface area contributed by atoms with Crippen LogP contribution in [0.3, 0.4) is 0 Å². The van der Waals surface area contributed by atoms with Gasteiger partial charge in [-0.15, -0.1) is 0 Å². The van der Waals surface area contributed by atoms with Crippen LogP contribution in [0.2, 0.25) is 0 Å². The smallest absolute Gasteiger partial charge is 0.316 e. The molecule has 2 nitrogen and oxygen atoms in total. The molecule has 0 bridgehead atoms. The maximum atomic E-state index is 12.6. The van der Waals surface area contributed by atoms with Crippen molar-refractivity contribution in [2.24, 2.45) is 0 Å². The summed E-state index contributed by atoms with van der Waals surface area (Å²) < 4.78 is 37.8. The zero-order valence-electron chi connectivity index (χ0n) is 8.31. The molecule has 2 heterocycles. The van der Waals surface area contributed by atoms with Crippen LogP contribution < -0.4 is 5.32 Å². The summed E-state index contributed by atoms with van der Waals surface area (Å²) in [4.78, 5) is 3.71. The predicted octanol–water partition coefficient (Wildman–Crippen LogP) is 2.94. The third kappa shape index (κ3) is 2.38. The van der Waals surface area contributed by atoms with Gasteiger partial charge in [0.2, 0.25) is 0 Å². The predicted molar refractivity (Wildman–Crippen MR) is 57.2 cm³/mol. The molecule has 1 saturated heterocycles. The summed E-state index contributed by atoms with van der Waals surface area (Å²) >= 11 is 2.88. The van der Waals surface area contributed by atoms with Crippen LogP contribution in [-0.4, -0.2) is 18.1 Å². The lowest BCUT2D eigenvalue weighted by Crippen LogP contribution is -2.13. The van der Waals surface area contributed by atoms with Crippen LogP contribution in [0, 0.1) is 0 Å². The van der Waals surface area contributed by atoms with Crippen LogP contribution in [0.25, 0.3) is 0 Å². The molecule has 0 aromatic carbocycles.